The van der Waals surface area contributed by atoms with Crippen molar-refractivity contribution in [3.8, 4) is 0 Å². The van der Waals surface area contributed by atoms with Gasteiger partial charge in [0.15, 0.2) is 0 Å². The molecule has 1 fully saturated rings. The Balaban J connectivity index is 2.46. The second kappa shape index (κ2) is 3.78. The van der Waals surface area contributed by atoms with E-state index in [1.807, 2.05) is 0 Å². The molecular formula is C11H23N. The largest absolute Gasteiger partial charge is 0.328 e. The van der Waals surface area contributed by atoms with Gasteiger partial charge in [-0.2, -0.15) is 0 Å². The predicted molar refractivity (Wildman–Crippen MR) is 54.0 cm³/mol. The van der Waals surface area contributed by atoms with Crippen LogP contribution in [0.4, 0.5) is 0 Å². The first kappa shape index (κ1) is 10.0. The van der Waals surface area contributed by atoms with Crippen LogP contribution >= 0.6 is 0 Å². The molecule has 0 aromatic rings. The van der Waals surface area contributed by atoms with Crippen molar-refractivity contribution in [2.75, 3.05) is 0 Å². The van der Waals surface area contributed by atoms with Crippen LogP contribution in [0.1, 0.15) is 52.9 Å². The molecule has 1 aliphatic carbocycles. The monoisotopic (exact) mass is 169 g/mol. The summed E-state index contributed by atoms with van der Waals surface area (Å²) in [7, 11) is 0. The molecule has 0 aromatic heterocycles. The minimum absolute atomic E-state index is 0.484. The van der Waals surface area contributed by atoms with Gasteiger partial charge < -0.3 is 5.73 Å². The van der Waals surface area contributed by atoms with Gasteiger partial charge in [0.25, 0.3) is 0 Å². The van der Waals surface area contributed by atoms with Crippen molar-refractivity contribution in [2.24, 2.45) is 17.1 Å². The molecule has 0 radical (unpaired) electrons. The van der Waals surface area contributed by atoms with Gasteiger partial charge in [-0.1, -0.05) is 27.2 Å². The average Bonchev–Trinajstić information content (AvgIpc) is 2.11. The van der Waals surface area contributed by atoms with Crippen molar-refractivity contribution >= 4 is 0 Å². The van der Waals surface area contributed by atoms with Crippen LogP contribution in [0.5, 0.6) is 0 Å². The van der Waals surface area contributed by atoms with Crippen molar-refractivity contribution in [3.05, 3.63) is 0 Å². The predicted octanol–water partition coefficient (Wildman–Crippen LogP) is 2.94. The zero-order valence-electron chi connectivity index (χ0n) is 8.77. The van der Waals surface area contributed by atoms with E-state index in [1.54, 1.807) is 0 Å². The highest BCUT2D eigenvalue weighted by molar-refractivity contribution is 4.79. The maximum absolute atomic E-state index is 5.94. The van der Waals surface area contributed by atoms with Gasteiger partial charge in [0.2, 0.25) is 0 Å². The Kier molecular flexibility index (Phi) is 3.16. The van der Waals surface area contributed by atoms with E-state index in [9.17, 15) is 0 Å². The summed E-state index contributed by atoms with van der Waals surface area (Å²) >= 11 is 0. The molecule has 0 spiro atoms. The standard InChI is InChI=1S/C11H23N/c1-11(2,3)9-5-4-6-10(12)8-7-9/h9-10H,4-8,12H2,1-3H3. The maximum atomic E-state index is 5.94. The van der Waals surface area contributed by atoms with E-state index in [1.165, 1.54) is 32.1 Å². The Morgan fingerprint density at radius 2 is 1.67 bits per heavy atom. The van der Waals surface area contributed by atoms with E-state index in [0.717, 1.165) is 5.92 Å². The summed E-state index contributed by atoms with van der Waals surface area (Å²) in [5.74, 6) is 0.894. The zero-order chi connectivity index (χ0) is 9.19. The first-order valence-electron chi connectivity index (χ1n) is 5.26. The fourth-order valence-corrected chi connectivity index (χ4v) is 2.20. The zero-order valence-corrected chi connectivity index (χ0v) is 8.77. The molecule has 72 valence electrons. The second-order valence-corrected chi connectivity index (χ2v) is 5.33. The number of hydrogen-bond donors (Lipinski definition) is 1. The fraction of sp³-hybridized carbons (Fsp3) is 1.00. The Morgan fingerprint density at radius 1 is 1.00 bits per heavy atom. The molecule has 1 aliphatic rings. The lowest BCUT2D eigenvalue weighted by Gasteiger charge is -2.29. The van der Waals surface area contributed by atoms with Gasteiger partial charge >= 0.3 is 0 Å². The lowest BCUT2D eigenvalue weighted by atomic mass is 9.76. The van der Waals surface area contributed by atoms with Crippen molar-refractivity contribution in [3.63, 3.8) is 0 Å². The lowest BCUT2D eigenvalue weighted by molar-refractivity contribution is 0.214. The van der Waals surface area contributed by atoms with Crippen LogP contribution in [0.3, 0.4) is 0 Å². The van der Waals surface area contributed by atoms with E-state index in [2.05, 4.69) is 20.8 Å². The van der Waals surface area contributed by atoms with Crippen LogP contribution in [0.25, 0.3) is 0 Å². The quantitative estimate of drug-likeness (QED) is 0.554. The van der Waals surface area contributed by atoms with Crippen LogP contribution < -0.4 is 5.73 Å². The molecule has 1 rings (SSSR count). The first-order chi connectivity index (χ1) is 5.50. The van der Waals surface area contributed by atoms with E-state index in [4.69, 9.17) is 5.73 Å². The highest BCUT2D eigenvalue weighted by Gasteiger charge is 2.26. The van der Waals surface area contributed by atoms with Gasteiger partial charge in [-0.05, 0) is 37.0 Å². The third-order valence-corrected chi connectivity index (χ3v) is 3.24. The highest BCUT2D eigenvalue weighted by Crippen LogP contribution is 2.36. The van der Waals surface area contributed by atoms with Gasteiger partial charge in [-0.25, -0.2) is 0 Å². The molecule has 0 aromatic carbocycles. The highest BCUT2D eigenvalue weighted by atomic mass is 14.6. The van der Waals surface area contributed by atoms with Crippen LogP contribution in [-0.4, -0.2) is 6.04 Å². The van der Waals surface area contributed by atoms with Gasteiger partial charge in [0.1, 0.15) is 0 Å². The SMILES string of the molecule is CC(C)(C)C1CCCC(N)CC1. The molecule has 1 saturated carbocycles. The van der Waals surface area contributed by atoms with Crippen molar-refractivity contribution in [1.29, 1.82) is 0 Å². The minimum Gasteiger partial charge on any atom is -0.328 e. The maximum Gasteiger partial charge on any atom is 0.00389 e. The van der Waals surface area contributed by atoms with Gasteiger partial charge in [0, 0.05) is 6.04 Å². The Morgan fingerprint density at radius 3 is 2.25 bits per heavy atom. The van der Waals surface area contributed by atoms with Crippen molar-refractivity contribution < 1.29 is 0 Å². The summed E-state index contributed by atoms with van der Waals surface area (Å²) < 4.78 is 0. The molecule has 0 aliphatic heterocycles. The van der Waals surface area contributed by atoms with Crippen LogP contribution in [0.15, 0.2) is 0 Å². The molecule has 2 atom stereocenters. The van der Waals surface area contributed by atoms with Crippen LogP contribution in [0.2, 0.25) is 0 Å². The molecule has 0 heterocycles. The summed E-state index contributed by atoms with van der Waals surface area (Å²) in [4.78, 5) is 0. The molecule has 0 amide bonds. The molecule has 1 nitrogen and oxygen atoms in total. The molecule has 1 heteroatoms. The minimum atomic E-state index is 0.484. The summed E-state index contributed by atoms with van der Waals surface area (Å²) in [5, 5.41) is 0. The molecule has 2 N–H and O–H groups in total. The Labute approximate surface area is 76.7 Å². The number of hydrogen-bond acceptors (Lipinski definition) is 1. The molecule has 0 bridgehead atoms. The fourth-order valence-electron chi connectivity index (χ4n) is 2.20. The van der Waals surface area contributed by atoms with Gasteiger partial charge in [-0.3, -0.25) is 0 Å². The summed E-state index contributed by atoms with van der Waals surface area (Å²) in [6.07, 6.45) is 6.54. The van der Waals surface area contributed by atoms with E-state index >= 15 is 0 Å². The van der Waals surface area contributed by atoms with E-state index in [-0.39, 0.29) is 0 Å². The average molecular weight is 169 g/mol. The third kappa shape index (κ3) is 2.78. The van der Waals surface area contributed by atoms with Crippen LogP contribution in [-0.2, 0) is 0 Å². The second-order valence-electron chi connectivity index (χ2n) is 5.33. The molecule has 12 heavy (non-hydrogen) atoms. The molecular weight excluding hydrogens is 146 g/mol. The molecule has 0 saturated heterocycles. The summed E-state index contributed by atoms with van der Waals surface area (Å²) in [6, 6.07) is 0.484. The molecule has 2 unspecified atom stereocenters. The van der Waals surface area contributed by atoms with Crippen LogP contribution in [0, 0.1) is 11.3 Å². The number of nitrogens with two attached hydrogens (primary N) is 1. The normalized spacial score (nSPS) is 33.0. The van der Waals surface area contributed by atoms with Gasteiger partial charge in [-0.15, -0.1) is 0 Å². The van der Waals surface area contributed by atoms with Crippen molar-refractivity contribution in [2.45, 2.75) is 58.9 Å². The van der Waals surface area contributed by atoms with E-state index in [0.29, 0.717) is 11.5 Å². The smallest absolute Gasteiger partial charge is 0.00389 e. The van der Waals surface area contributed by atoms with E-state index < -0.39 is 0 Å². The summed E-state index contributed by atoms with van der Waals surface area (Å²) in [6.45, 7) is 7.07. The third-order valence-electron chi connectivity index (χ3n) is 3.24. The Bertz CT molecular complexity index is 134. The van der Waals surface area contributed by atoms with Gasteiger partial charge in [0.05, 0.1) is 0 Å². The first-order valence-corrected chi connectivity index (χ1v) is 5.26. The topological polar surface area (TPSA) is 26.0 Å². The Hall–Kier alpha value is -0.0400. The number of rotatable bonds is 0. The summed E-state index contributed by atoms with van der Waals surface area (Å²) in [5.41, 5.74) is 6.43. The van der Waals surface area contributed by atoms with Crippen molar-refractivity contribution in [1.82, 2.24) is 0 Å². The lowest BCUT2D eigenvalue weighted by Crippen LogP contribution is -2.21.